The molecule has 2 aromatic carbocycles. The number of methoxy groups -OCH3 is 1. The number of benzene rings is 2. The van der Waals surface area contributed by atoms with Crippen molar-refractivity contribution in [2.75, 3.05) is 40.0 Å². The van der Waals surface area contributed by atoms with E-state index in [2.05, 4.69) is 36.5 Å². The Morgan fingerprint density at radius 1 is 1.21 bits per heavy atom. The standard InChI is InChI=1S/C22H28N2O4/c1-3-16-4-6-17(7-5-16)19-15-24(11-10-23-19)22(26)18-8-9-20(27-2)21(14-18)28-13-12-25/h4-9,14,19,23,25H,3,10-13,15H2,1-2H3. The number of hydrogen-bond donors (Lipinski definition) is 2. The highest BCUT2D eigenvalue weighted by molar-refractivity contribution is 5.95. The molecule has 1 heterocycles. The van der Waals surface area contributed by atoms with Gasteiger partial charge < -0.3 is 24.8 Å². The maximum Gasteiger partial charge on any atom is 0.254 e. The van der Waals surface area contributed by atoms with E-state index < -0.39 is 0 Å². The lowest BCUT2D eigenvalue weighted by Gasteiger charge is -2.34. The summed E-state index contributed by atoms with van der Waals surface area (Å²) in [6.45, 7) is 4.21. The van der Waals surface area contributed by atoms with Crippen LogP contribution >= 0.6 is 0 Å². The van der Waals surface area contributed by atoms with Crippen molar-refractivity contribution in [1.29, 1.82) is 0 Å². The molecule has 0 spiro atoms. The second-order valence-corrected chi connectivity index (χ2v) is 6.79. The lowest BCUT2D eigenvalue weighted by molar-refractivity contribution is 0.0702. The zero-order chi connectivity index (χ0) is 19.9. The van der Waals surface area contributed by atoms with E-state index in [0.717, 1.165) is 13.0 Å². The number of carbonyl (C=O) groups excluding carboxylic acids is 1. The van der Waals surface area contributed by atoms with Crippen molar-refractivity contribution in [3.63, 3.8) is 0 Å². The second kappa shape index (κ2) is 9.57. The van der Waals surface area contributed by atoms with E-state index in [1.165, 1.54) is 11.1 Å². The van der Waals surface area contributed by atoms with Crippen LogP contribution in [-0.4, -0.2) is 55.9 Å². The Bertz CT molecular complexity index is 792. The average molecular weight is 384 g/mol. The van der Waals surface area contributed by atoms with Crippen LogP contribution in [0.1, 0.15) is 34.5 Å². The molecular weight excluding hydrogens is 356 g/mol. The van der Waals surface area contributed by atoms with E-state index in [9.17, 15) is 4.79 Å². The molecule has 1 unspecified atom stereocenters. The number of aryl methyl sites for hydroxylation is 1. The first-order valence-electron chi connectivity index (χ1n) is 9.69. The van der Waals surface area contributed by atoms with Crippen LogP contribution < -0.4 is 14.8 Å². The number of carbonyl (C=O) groups is 1. The molecule has 1 saturated heterocycles. The summed E-state index contributed by atoms with van der Waals surface area (Å²) in [5.41, 5.74) is 3.05. The summed E-state index contributed by atoms with van der Waals surface area (Å²) in [6, 6.07) is 13.8. The fraction of sp³-hybridized carbons (Fsp3) is 0.409. The summed E-state index contributed by atoms with van der Waals surface area (Å²) in [5, 5.41) is 12.5. The largest absolute Gasteiger partial charge is 0.493 e. The third-order valence-electron chi connectivity index (χ3n) is 5.01. The molecule has 6 nitrogen and oxygen atoms in total. The Morgan fingerprint density at radius 2 is 2.00 bits per heavy atom. The molecule has 2 N–H and O–H groups in total. The summed E-state index contributed by atoms with van der Waals surface area (Å²) < 4.78 is 10.8. The topological polar surface area (TPSA) is 71.0 Å². The summed E-state index contributed by atoms with van der Waals surface area (Å²) in [5.74, 6) is 0.969. The summed E-state index contributed by atoms with van der Waals surface area (Å²) in [7, 11) is 1.55. The molecule has 1 fully saturated rings. The zero-order valence-corrected chi connectivity index (χ0v) is 16.5. The molecule has 1 atom stereocenters. The number of amides is 1. The van der Waals surface area contributed by atoms with Gasteiger partial charge in [0.25, 0.3) is 5.91 Å². The zero-order valence-electron chi connectivity index (χ0n) is 16.5. The molecule has 1 amide bonds. The van der Waals surface area contributed by atoms with Crippen LogP contribution in [-0.2, 0) is 6.42 Å². The molecule has 1 aliphatic rings. The maximum atomic E-state index is 13.1. The van der Waals surface area contributed by atoms with Crippen molar-refractivity contribution >= 4 is 5.91 Å². The van der Waals surface area contributed by atoms with E-state index in [1.54, 1.807) is 25.3 Å². The van der Waals surface area contributed by atoms with Crippen LogP contribution in [0.15, 0.2) is 42.5 Å². The first-order valence-corrected chi connectivity index (χ1v) is 9.69. The van der Waals surface area contributed by atoms with Gasteiger partial charge in [-0.25, -0.2) is 0 Å². The van der Waals surface area contributed by atoms with Gasteiger partial charge in [-0.3, -0.25) is 4.79 Å². The van der Waals surface area contributed by atoms with Gasteiger partial charge >= 0.3 is 0 Å². The number of nitrogens with zero attached hydrogens (tertiary/aromatic N) is 1. The van der Waals surface area contributed by atoms with Gasteiger partial charge in [0.15, 0.2) is 11.5 Å². The van der Waals surface area contributed by atoms with Crippen molar-refractivity contribution in [1.82, 2.24) is 10.2 Å². The first-order chi connectivity index (χ1) is 13.7. The Balaban J connectivity index is 1.74. The molecule has 150 valence electrons. The van der Waals surface area contributed by atoms with Crippen molar-refractivity contribution in [2.24, 2.45) is 0 Å². The molecule has 2 aromatic rings. The predicted molar refractivity (Wildman–Crippen MR) is 108 cm³/mol. The molecule has 6 heteroatoms. The van der Waals surface area contributed by atoms with Gasteiger partial charge in [0.05, 0.1) is 13.7 Å². The van der Waals surface area contributed by atoms with Gasteiger partial charge in [0.2, 0.25) is 0 Å². The summed E-state index contributed by atoms with van der Waals surface area (Å²) in [6.07, 6.45) is 1.02. The van der Waals surface area contributed by atoms with Gasteiger partial charge in [-0.05, 0) is 35.7 Å². The highest BCUT2D eigenvalue weighted by Gasteiger charge is 2.25. The maximum absolute atomic E-state index is 13.1. The SMILES string of the molecule is CCc1ccc(C2CN(C(=O)c3ccc(OC)c(OCCO)c3)CCN2)cc1. The van der Waals surface area contributed by atoms with Gasteiger partial charge in [-0.2, -0.15) is 0 Å². The first kappa shape index (κ1) is 20.2. The third-order valence-corrected chi connectivity index (χ3v) is 5.01. The number of rotatable bonds is 7. The molecule has 1 aliphatic heterocycles. The highest BCUT2D eigenvalue weighted by atomic mass is 16.5. The number of hydrogen-bond acceptors (Lipinski definition) is 5. The van der Waals surface area contributed by atoms with E-state index in [-0.39, 0.29) is 25.2 Å². The molecule has 0 saturated carbocycles. The minimum atomic E-state index is -0.0996. The van der Waals surface area contributed by atoms with Crippen molar-refractivity contribution < 1.29 is 19.4 Å². The Labute approximate surface area is 166 Å². The van der Waals surface area contributed by atoms with Gasteiger partial charge in [0, 0.05) is 31.2 Å². The average Bonchev–Trinajstić information content (AvgIpc) is 2.77. The summed E-state index contributed by atoms with van der Waals surface area (Å²) in [4.78, 5) is 14.9. The van der Waals surface area contributed by atoms with Gasteiger partial charge in [-0.1, -0.05) is 31.2 Å². The van der Waals surface area contributed by atoms with Crippen LogP contribution in [0.4, 0.5) is 0 Å². The highest BCUT2D eigenvalue weighted by Crippen LogP contribution is 2.29. The Hall–Kier alpha value is -2.57. The summed E-state index contributed by atoms with van der Waals surface area (Å²) >= 11 is 0. The van der Waals surface area contributed by atoms with E-state index in [1.807, 2.05) is 4.90 Å². The van der Waals surface area contributed by atoms with Gasteiger partial charge in [-0.15, -0.1) is 0 Å². The molecule has 0 aliphatic carbocycles. The van der Waals surface area contributed by atoms with Crippen LogP contribution in [0.2, 0.25) is 0 Å². The molecule has 3 rings (SSSR count). The van der Waals surface area contributed by atoms with E-state index >= 15 is 0 Å². The number of nitrogens with one attached hydrogen (secondary N) is 1. The van der Waals surface area contributed by atoms with Crippen LogP contribution in [0, 0.1) is 0 Å². The lowest BCUT2D eigenvalue weighted by atomic mass is 10.0. The molecule has 28 heavy (non-hydrogen) atoms. The monoisotopic (exact) mass is 384 g/mol. The van der Waals surface area contributed by atoms with Crippen molar-refractivity contribution in [3.05, 3.63) is 59.2 Å². The van der Waals surface area contributed by atoms with Crippen molar-refractivity contribution in [2.45, 2.75) is 19.4 Å². The number of piperazine rings is 1. The third kappa shape index (κ3) is 4.64. The minimum absolute atomic E-state index is 0.0341. The predicted octanol–water partition coefficient (Wildman–Crippen LogP) is 2.42. The molecule has 0 radical (unpaired) electrons. The quantitative estimate of drug-likeness (QED) is 0.767. The van der Waals surface area contributed by atoms with Crippen LogP contribution in [0.3, 0.4) is 0 Å². The van der Waals surface area contributed by atoms with Crippen LogP contribution in [0.5, 0.6) is 11.5 Å². The molecular formula is C22H28N2O4. The normalized spacial score (nSPS) is 16.7. The number of ether oxygens (including phenoxy) is 2. The van der Waals surface area contributed by atoms with Gasteiger partial charge in [0.1, 0.15) is 6.61 Å². The van der Waals surface area contributed by atoms with Crippen LogP contribution in [0.25, 0.3) is 0 Å². The second-order valence-electron chi connectivity index (χ2n) is 6.79. The fourth-order valence-corrected chi connectivity index (χ4v) is 3.40. The Morgan fingerprint density at radius 3 is 2.68 bits per heavy atom. The van der Waals surface area contributed by atoms with E-state index in [4.69, 9.17) is 14.6 Å². The lowest BCUT2D eigenvalue weighted by Crippen LogP contribution is -2.48. The van der Waals surface area contributed by atoms with E-state index in [0.29, 0.717) is 30.2 Å². The fourth-order valence-electron chi connectivity index (χ4n) is 3.40. The number of aliphatic hydroxyl groups is 1. The Kier molecular flexibility index (Phi) is 6.90. The molecule has 0 bridgehead atoms. The number of aliphatic hydroxyl groups excluding tert-OH is 1. The molecule has 0 aromatic heterocycles. The van der Waals surface area contributed by atoms with Crippen molar-refractivity contribution in [3.8, 4) is 11.5 Å². The minimum Gasteiger partial charge on any atom is -0.493 e. The smallest absolute Gasteiger partial charge is 0.254 e.